The normalized spacial score (nSPS) is 12.7. The third-order valence-corrected chi connectivity index (χ3v) is 10.6. The minimum atomic E-state index is -1.70. The van der Waals surface area contributed by atoms with Crippen molar-refractivity contribution in [3.8, 4) is 0 Å². The Morgan fingerprint density at radius 2 is 1.40 bits per heavy atom. The van der Waals surface area contributed by atoms with E-state index < -0.39 is 8.32 Å². The minimum Gasteiger partial charge on any atom is -0.416 e. The van der Waals surface area contributed by atoms with Gasteiger partial charge in [0.05, 0.1) is 0 Å². The highest BCUT2D eigenvalue weighted by molar-refractivity contribution is 6.77. The molecule has 0 radical (unpaired) electrons. The van der Waals surface area contributed by atoms with Gasteiger partial charge in [-0.05, 0) is 35.9 Å². The molecule has 0 spiro atoms. The number of unbranched alkanes of at least 4 members (excludes halogenated alkanes) is 1. The molecule has 0 heterocycles. The van der Waals surface area contributed by atoms with Crippen molar-refractivity contribution in [3.05, 3.63) is 0 Å². The Morgan fingerprint density at radius 3 is 1.80 bits per heavy atom. The zero-order valence-corrected chi connectivity index (χ0v) is 15.8. The molecule has 3 heteroatoms. The van der Waals surface area contributed by atoms with Crippen molar-refractivity contribution in [2.24, 2.45) is 0 Å². The Bertz CT molecular complexity index is 250. The summed E-state index contributed by atoms with van der Waals surface area (Å²) in [7, 11) is -1.70. The van der Waals surface area contributed by atoms with Crippen LogP contribution in [0.2, 0.25) is 16.6 Å². The van der Waals surface area contributed by atoms with Gasteiger partial charge in [-0.25, -0.2) is 0 Å². The van der Waals surface area contributed by atoms with Gasteiger partial charge in [-0.1, -0.05) is 48.5 Å². The van der Waals surface area contributed by atoms with Crippen LogP contribution >= 0.6 is 0 Å². The molecule has 0 atom stereocenters. The van der Waals surface area contributed by atoms with Crippen molar-refractivity contribution in [2.75, 3.05) is 6.61 Å². The Labute approximate surface area is 127 Å². The molecule has 2 nitrogen and oxygen atoms in total. The summed E-state index contributed by atoms with van der Waals surface area (Å²) < 4.78 is 6.48. The van der Waals surface area contributed by atoms with E-state index in [1.165, 1.54) is 0 Å². The van der Waals surface area contributed by atoms with Crippen molar-refractivity contribution in [3.63, 3.8) is 0 Å². The summed E-state index contributed by atoms with van der Waals surface area (Å²) in [6, 6.07) is 0. The summed E-state index contributed by atoms with van der Waals surface area (Å²) in [6.07, 6.45) is 4.45. The van der Waals surface area contributed by atoms with E-state index in [0.717, 1.165) is 38.7 Å². The predicted molar refractivity (Wildman–Crippen MR) is 90.8 cm³/mol. The van der Waals surface area contributed by atoms with Crippen molar-refractivity contribution in [1.82, 2.24) is 0 Å². The molecule has 120 valence electrons. The number of rotatable bonds is 11. The van der Waals surface area contributed by atoms with Gasteiger partial charge in [0, 0.05) is 19.4 Å². The molecule has 0 amide bonds. The summed E-state index contributed by atoms with van der Waals surface area (Å²) >= 11 is 0. The molecule has 0 N–H and O–H groups in total. The largest absolute Gasteiger partial charge is 0.416 e. The molecule has 0 aliphatic heterocycles. The van der Waals surface area contributed by atoms with Crippen LogP contribution in [0.25, 0.3) is 0 Å². The number of Topliss-reactive ketones (excluding diaryl/α,β-unsaturated/α-hetero) is 1. The van der Waals surface area contributed by atoms with E-state index in [0.29, 0.717) is 22.4 Å². The Hall–Kier alpha value is -0.153. The lowest BCUT2D eigenvalue weighted by Crippen LogP contribution is -2.47. The van der Waals surface area contributed by atoms with Crippen molar-refractivity contribution in [1.29, 1.82) is 0 Å². The molecule has 0 aromatic rings. The lowest BCUT2D eigenvalue weighted by molar-refractivity contribution is -0.119. The first-order chi connectivity index (χ1) is 9.28. The van der Waals surface area contributed by atoms with E-state index in [1.54, 1.807) is 0 Å². The summed E-state index contributed by atoms with van der Waals surface area (Å²) in [5, 5.41) is 0. The summed E-state index contributed by atoms with van der Waals surface area (Å²) in [5.74, 6) is 0.410. The fraction of sp³-hybridized carbons (Fsp3) is 0.941. The van der Waals surface area contributed by atoms with Gasteiger partial charge in [-0.3, -0.25) is 4.79 Å². The molecule has 0 saturated heterocycles. The summed E-state index contributed by atoms with van der Waals surface area (Å²) in [5.41, 5.74) is 1.93. The summed E-state index contributed by atoms with van der Waals surface area (Å²) in [4.78, 5) is 11.5. The molecule has 20 heavy (non-hydrogen) atoms. The average Bonchev–Trinajstić information content (AvgIpc) is 2.32. The van der Waals surface area contributed by atoms with Gasteiger partial charge in [-0.15, -0.1) is 0 Å². The van der Waals surface area contributed by atoms with Crippen molar-refractivity contribution < 1.29 is 9.22 Å². The van der Waals surface area contributed by atoms with E-state index in [4.69, 9.17) is 4.43 Å². The van der Waals surface area contributed by atoms with Crippen LogP contribution < -0.4 is 0 Å². The zero-order chi connectivity index (χ0) is 15.8. The third kappa shape index (κ3) is 5.69. The van der Waals surface area contributed by atoms with Gasteiger partial charge in [0.15, 0.2) is 8.32 Å². The lowest BCUT2D eigenvalue weighted by Gasteiger charge is -2.42. The van der Waals surface area contributed by atoms with E-state index in [2.05, 4.69) is 48.5 Å². The number of ketones is 1. The highest BCUT2D eigenvalue weighted by Crippen LogP contribution is 2.42. The van der Waals surface area contributed by atoms with Crippen molar-refractivity contribution in [2.45, 2.75) is 97.2 Å². The van der Waals surface area contributed by atoms with Crippen LogP contribution in [-0.4, -0.2) is 20.7 Å². The number of hydrogen-bond acceptors (Lipinski definition) is 2. The van der Waals surface area contributed by atoms with Gasteiger partial charge < -0.3 is 4.43 Å². The van der Waals surface area contributed by atoms with Crippen LogP contribution in [0, 0.1) is 0 Å². The fourth-order valence-electron chi connectivity index (χ4n) is 3.58. The van der Waals surface area contributed by atoms with Crippen molar-refractivity contribution >= 4 is 14.1 Å². The highest BCUT2D eigenvalue weighted by Gasteiger charge is 2.44. The number of hydrogen-bond donors (Lipinski definition) is 0. The number of carbonyl (C=O) groups excluding carboxylic acids is 1. The number of carbonyl (C=O) groups is 1. The lowest BCUT2D eigenvalue weighted by atomic mass is 10.1. The molecule has 0 aromatic heterocycles. The maximum absolute atomic E-state index is 11.5. The molecule has 0 aromatic carbocycles. The van der Waals surface area contributed by atoms with E-state index in [-0.39, 0.29) is 0 Å². The van der Waals surface area contributed by atoms with Crippen LogP contribution in [0.15, 0.2) is 0 Å². The molecule has 0 fully saturated rings. The Kier molecular flexibility index (Phi) is 9.65. The molecule has 0 bridgehead atoms. The second-order valence-electron chi connectivity index (χ2n) is 6.91. The first kappa shape index (κ1) is 19.8. The Balaban J connectivity index is 4.26. The van der Waals surface area contributed by atoms with E-state index in [1.807, 2.05) is 0 Å². The quantitative estimate of drug-likeness (QED) is 0.360. The SMILES string of the molecule is CCCC(=O)CCCCO[Si](C(C)C)(C(C)C)C(C)C. The van der Waals surface area contributed by atoms with Crippen LogP contribution in [0.1, 0.15) is 80.6 Å². The van der Waals surface area contributed by atoms with Crippen LogP contribution in [-0.2, 0) is 9.22 Å². The molecule has 0 aliphatic rings. The third-order valence-electron chi connectivity index (χ3n) is 4.44. The molecule has 0 rings (SSSR count). The highest BCUT2D eigenvalue weighted by atomic mass is 28.4. The topological polar surface area (TPSA) is 26.3 Å². The molecule has 0 aliphatic carbocycles. The second kappa shape index (κ2) is 9.72. The standard InChI is InChI=1S/C17H36O2Si/c1-8-11-17(18)12-9-10-13-19-20(14(2)3,15(4)5)16(6)7/h14-16H,8-13H2,1-7H3. The second-order valence-corrected chi connectivity index (χ2v) is 12.4. The van der Waals surface area contributed by atoms with Gasteiger partial charge in [0.25, 0.3) is 0 Å². The summed E-state index contributed by atoms with van der Waals surface area (Å²) in [6.45, 7) is 16.8. The van der Waals surface area contributed by atoms with Crippen LogP contribution in [0.5, 0.6) is 0 Å². The fourth-order valence-corrected chi connectivity index (χ4v) is 9.07. The Morgan fingerprint density at radius 1 is 0.900 bits per heavy atom. The van der Waals surface area contributed by atoms with Crippen LogP contribution in [0.3, 0.4) is 0 Å². The van der Waals surface area contributed by atoms with Crippen LogP contribution in [0.4, 0.5) is 0 Å². The average molecular weight is 301 g/mol. The van der Waals surface area contributed by atoms with E-state index >= 15 is 0 Å². The van der Waals surface area contributed by atoms with Gasteiger partial charge in [0.2, 0.25) is 0 Å². The first-order valence-electron chi connectivity index (χ1n) is 8.44. The van der Waals surface area contributed by atoms with Gasteiger partial charge >= 0.3 is 0 Å². The van der Waals surface area contributed by atoms with Gasteiger partial charge in [-0.2, -0.15) is 0 Å². The smallest absolute Gasteiger partial charge is 0.200 e. The molecular weight excluding hydrogens is 264 g/mol. The molecule has 0 unspecified atom stereocenters. The molecule has 0 saturated carbocycles. The monoisotopic (exact) mass is 300 g/mol. The predicted octanol–water partition coefficient (Wildman–Crippen LogP) is 5.72. The maximum atomic E-state index is 11.5. The zero-order valence-electron chi connectivity index (χ0n) is 14.8. The van der Waals surface area contributed by atoms with Gasteiger partial charge in [0.1, 0.15) is 5.78 Å². The maximum Gasteiger partial charge on any atom is 0.200 e. The minimum absolute atomic E-state index is 0.410. The first-order valence-corrected chi connectivity index (χ1v) is 10.6. The molecular formula is C17H36O2Si. The van der Waals surface area contributed by atoms with E-state index in [9.17, 15) is 4.79 Å².